The molecule has 0 atom stereocenters. The van der Waals surface area contributed by atoms with Crippen LogP contribution < -0.4 is 5.32 Å². The molecule has 5 rings (SSSR count). The normalized spacial score (nSPS) is 14.7. The average Bonchev–Trinajstić information content (AvgIpc) is 3.57. The molecule has 0 fully saturated rings. The van der Waals surface area contributed by atoms with E-state index in [0.717, 1.165) is 5.56 Å². The largest absolute Gasteiger partial charge is 0.511 e. The van der Waals surface area contributed by atoms with Crippen LogP contribution >= 0.6 is 11.3 Å². The van der Waals surface area contributed by atoms with Gasteiger partial charge in [-0.15, -0.1) is 16.4 Å². The van der Waals surface area contributed by atoms with Crippen LogP contribution in [-0.4, -0.2) is 64.8 Å². The molecular weight excluding hydrogens is 535 g/mol. The maximum Gasteiger partial charge on any atom is 0.511 e. The van der Waals surface area contributed by atoms with Crippen LogP contribution in [0, 0.1) is 6.92 Å². The Kier molecular flexibility index (Phi) is 6.23. The second kappa shape index (κ2) is 9.14. The average molecular weight is 556 g/mol. The number of aromatic nitrogens is 7. The van der Waals surface area contributed by atoms with Crippen molar-refractivity contribution in [3.05, 3.63) is 46.2 Å². The fourth-order valence-electron chi connectivity index (χ4n) is 3.86. The maximum atomic E-state index is 13.0. The number of hydrogen-bond donors (Lipinski definition) is 1. The number of halogens is 3. The molecule has 0 aromatic carbocycles. The molecule has 12 nitrogen and oxygen atoms in total. The quantitative estimate of drug-likeness (QED) is 0.381. The van der Waals surface area contributed by atoms with Crippen molar-refractivity contribution in [1.82, 2.24) is 43.7 Å². The first kappa shape index (κ1) is 25.2. The number of alkyl halides is 3. The summed E-state index contributed by atoms with van der Waals surface area (Å²) in [7, 11) is -5.46. The van der Waals surface area contributed by atoms with E-state index in [1.165, 1.54) is 16.0 Å². The minimum atomic E-state index is -5.46. The number of hydrogen-bond acceptors (Lipinski definition) is 9. The van der Waals surface area contributed by atoms with Gasteiger partial charge in [-0.1, -0.05) is 6.92 Å². The van der Waals surface area contributed by atoms with Crippen LogP contribution in [0.5, 0.6) is 0 Å². The molecule has 196 valence electrons. The Bertz CT molecular complexity index is 1610. The Morgan fingerprint density at radius 2 is 2.00 bits per heavy atom. The fraction of sp³-hybridized carbons (Fsp3) is 0.400. The lowest BCUT2D eigenvalue weighted by atomic mass is 10.2. The second-order valence-electron chi connectivity index (χ2n) is 8.25. The third-order valence-corrected chi connectivity index (χ3v) is 8.13. The molecule has 1 amide bonds. The van der Waals surface area contributed by atoms with Crippen LogP contribution in [0.25, 0.3) is 16.6 Å². The first-order valence-electron chi connectivity index (χ1n) is 11.0. The fourth-order valence-corrected chi connectivity index (χ4v) is 5.51. The van der Waals surface area contributed by atoms with Crippen molar-refractivity contribution in [3.63, 3.8) is 0 Å². The number of fused-ring (bicyclic) bond motifs is 2. The third kappa shape index (κ3) is 4.57. The standard InChI is InChI=1S/C20H20F3N9O3S2/c1-3-13-15(31-8-11(2)6-25-19(31)27-13)17(33)24-7-12-10-36-18(26-12)16-28-14-9-30(4-5-32(14)29-16)37(34,35)20(21,22)23/h6,8,10H,3-5,7,9H2,1-2H3,(H,24,33). The number of imidazole rings is 1. The molecule has 0 radical (unpaired) electrons. The van der Waals surface area contributed by atoms with E-state index in [2.05, 4.69) is 30.4 Å². The first-order chi connectivity index (χ1) is 17.5. The van der Waals surface area contributed by atoms with Crippen LogP contribution in [0.4, 0.5) is 13.2 Å². The van der Waals surface area contributed by atoms with E-state index in [-0.39, 0.29) is 37.2 Å². The summed E-state index contributed by atoms with van der Waals surface area (Å²) in [6, 6.07) is 0. The Morgan fingerprint density at radius 3 is 2.73 bits per heavy atom. The number of thiazole rings is 1. The lowest BCUT2D eigenvalue weighted by molar-refractivity contribution is -0.0496. The zero-order chi connectivity index (χ0) is 26.5. The van der Waals surface area contributed by atoms with Crippen LogP contribution in [-0.2, 0) is 36.1 Å². The molecule has 4 aromatic heterocycles. The monoisotopic (exact) mass is 555 g/mol. The van der Waals surface area contributed by atoms with Crippen molar-refractivity contribution in [2.75, 3.05) is 6.54 Å². The second-order valence-corrected chi connectivity index (χ2v) is 11.0. The summed E-state index contributed by atoms with van der Waals surface area (Å²) in [5.74, 6) is 0.344. The van der Waals surface area contributed by atoms with E-state index in [1.54, 1.807) is 22.2 Å². The van der Waals surface area contributed by atoms with E-state index in [0.29, 0.717) is 38.6 Å². The highest BCUT2D eigenvalue weighted by Gasteiger charge is 2.50. The summed E-state index contributed by atoms with van der Waals surface area (Å²) in [6.07, 6.45) is 4.01. The Hall–Kier alpha value is -3.44. The minimum Gasteiger partial charge on any atom is -0.345 e. The Morgan fingerprint density at radius 1 is 1.22 bits per heavy atom. The van der Waals surface area contributed by atoms with Gasteiger partial charge in [0.2, 0.25) is 11.6 Å². The first-order valence-corrected chi connectivity index (χ1v) is 13.4. The highest BCUT2D eigenvalue weighted by Crippen LogP contribution is 2.30. The van der Waals surface area contributed by atoms with Crippen molar-refractivity contribution in [2.24, 2.45) is 0 Å². The van der Waals surface area contributed by atoms with Gasteiger partial charge in [0.05, 0.1) is 31.0 Å². The number of nitrogens with one attached hydrogen (secondary N) is 1. The van der Waals surface area contributed by atoms with Crippen LogP contribution in [0.2, 0.25) is 0 Å². The van der Waals surface area contributed by atoms with Crippen molar-refractivity contribution in [1.29, 1.82) is 0 Å². The molecule has 0 spiro atoms. The van der Waals surface area contributed by atoms with Crippen LogP contribution in [0.15, 0.2) is 17.8 Å². The predicted octanol–water partition coefficient (Wildman–Crippen LogP) is 1.91. The lowest BCUT2D eigenvalue weighted by Gasteiger charge is -2.26. The van der Waals surface area contributed by atoms with Gasteiger partial charge in [-0.25, -0.2) is 33.0 Å². The molecule has 1 aliphatic rings. The summed E-state index contributed by atoms with van der Waals surface area (Å²) in [6.45, 7) is 2.88. The lowest BCUT2D eigenvalue weighted by Crippen LogP contribution is -2.44. The molecule has 0 saturated heterocycles. The molecule has 0 aliphatic carbocycles. The van der Waals surface area contributed by atoms with Crippen LogP contribution in [0.3, 0.4) is 0 Å². The maximum absolute atomic E-state index is 13.0. The van der Waals surface area contributed by atoms with E-state index in [4.69, 9.17) is 0 Å². The molecule has 5 heterocycles. The smallest absolute Gasteiger partial charge is 0.345 e. The number of nitrogens with zero attached hydrogens (tertiary/aromatic N) is 8. The Labute approximate surface area is 212 Å². The van der Waals surface area contributed by atoms with Gasteiger partial charge in [0.15, 0.2) is 5.01 Å². The van der Waals surface area contributed by atoms with Crippen molar-refractivity contribution in [3.8, 4) is 10.8 Å². The van der Waals surface area contributed by atoms with Gasteiger partial charge < -0.3 is 5.32 Å². The van der Waals surface area contributed by atoms with Crippen LogP contribution in [0.1, 0.15) is 40.2 Å². The van der Waals surface area contributed by atoms with Gasteiger partial charge in [0.25, 0.3) is 5.91 Å². The summed E-state index contributed by atoms with van der Waals surface area (Å²) < 4.78 is 65.5. The number of carbonyl (C=O) groups excluding carboxylic acids is 1. The van der Waals surface area contributed by atoms with Crippen molar-refractivity contribution >= 4 is 33.0 Å². The number of rotatable bonds is 6. The van der Waals surface area contributed by atoms with E-state index >= 15 is 0 Å². The van der Waals surface area contributed by atoms with E-state index in [1.807, 2.05) is 13.8 Å². The molecule has 4 aromatic rings. The zero-order valence-corrected chi connectivity index (χ0v) is 21.2. The molecule has 17 heteroatoms. The number of aryl methyl sites for hydroxylation is 2. The van der Waals surface area contributed by atoms with Gasteiger partial charge in [-0.05, 0) is 18.9 Å². The molecule has 1 aliphatic heterocycles. The highest BCUT2D eigenvalue weighted by molar-refractivity contribution is 7.89. The number of amides is 1. The predicted molar refractivity (Wildman–Crippen MR) is 125 cm³/mol. The van der Waals surface area contributed by atoms with Gasteiger partial charge in [0.1, 0.15) is 11.5 Å². The Balaban J connectivity index is 1.30. The zero-order valence-electron chi connectivity index (χ0n) is 19.5. The minimum absolute atomic E-state index is 0.0701. The summed E-state index contributed by atoms with van der Waals surface area (Å²) in [5, 5.41) is 9.18. The third-order valence-electron chi connectivity index (χ3n) is 5.66. The SMILES string of the molecule is CCc1nc2ncc(C)cn2c1C(=O)NCc1csc(-c2nc3n(n2)CCN(S(=O)(=O)C(F)(F)F)C3)n1. The van der Waals surface area contributed by atoms with E-state index in [9.17, 15) is 26.4 Å². The molecule has 37 heavy (non-hydrogen) atoms. The number of sulfonamides is 1. The molecule has 1 N–H and O–H groups in total. The molecular formula is C20H20F3N9O3S2. The number of carbonyl (C=O) groups is 1. The summed E-state index contributed by atoms with van der Waals surface area (Å²) >= 11 is 1.20. The van der Waals surface area contributed by atoms with Gasteiger partial charge in [-0.2, -0.15) is 17.5 Å². The van der Waals surface area contributed by atoms with E-state index < -0.39 is 22.1 Å². The molecule has 0 bridgehead atoms. The van der Waals surface area contributed by atoms with Crippen molar-refractivity contribution in [2.45, 2.75) is 45.4 Å². The topological polar surface area (TPSA) is 140 Å². The summed E-state index contributed by atoms with van der Waals surface area (Å²) in [4.78, 5) is 30.3. The van der Waals surface area contributed by atoms with Crippen molar-refractivity contribution < 1.29 is 26.4 Å². The molecule has 0 unspecified atom stereocenters. The van der Waals surface area contributed by atoms with Gasteiger partial charge >= 0.3 is 15.5 Å². The highest BCUT2D eigenvalue weighted by atomic mass is 32.2. The van der Waals surface area contributed by atoms with Gasteiger partial charge in [0, 0.05) is 24.3 Å². The van der Waals surface area contributed by atoms with Gasteiger partial charge in [-0.3, -0.25) is 9.20 Å². The summed E-state index contributed by atoms with van der Waals surface area (Å²) in [5.41, 5.74) is -2.97. The molecule has 0 saturated carbocycles.